The van der Waals surface area contributed by atoms with Gasteiger partial charge in [0, 0.05) is 13.0 Å². The zero-order valence-electron chi connectivity index (χ0n) is 6.18. The first-order valence-electron chi connectivity index (χ1n) is 3.54. The van der Waals surface area contributed by atoms with E-state index in [1.165, 1.54) is 0 Å². The molecule has 0 aliphatic carbocycles. The summed E-state index contributed by atoms with van der Waals surface area (Å²) in [5.41, 5.74) is 0. The number of aliphatic hydroxyl groups excluding tert-OH is 1. The zero-order chi connectivity index (χ0) is 7.66. The molecule has 0 aliphatic rings. The second kappa shape index (κ2) is 8.48. The van der Waals surface area contributed by atoms with Crippen LogP contribution in [0.25, 0.3) is 0 Å². The number of unbranched alkanes of at least 4 members (excludes halogenated alkanes) is 2. The number of ether oxygens (including phenoxy) is 1. The highest BCUT2D eigenvalue weighted by molar-refractivity contribution is 4.82. The van der Waals surface area contributed by atoms with Gasteiger partial charge in [-0.15, -0.1) is 12.3 Å². The third-order valence-corrected chi connectivity index (χ3v) is 1.10. The van der Waals surface area contributed by atoms with Gasteiger partial charge in [0.1, 0.15) is 0 Å². The number of hydrogen-bond acceptors (Lipinski definition) is 2. The Hall–Kier alpha value is -0.520. The van der Waals surface area contributed by atoms with Crippen LogP contribution in [0.2, 0.25) is 0 Å². The van der Waals surface area contributed by atoms with Gasteiger partial charge in [0.25, 0.3) is 0 Å². The van der Waals surface area contributed by atoms with Crippen molar-refractivity contribution in [3.8, 4) is 12.3 Å². The normalized spacial score (nSPS) is 9.20. The Kier molecular flexibility index (Phi) is 8.04. The van der Waals surface area contributed by atoms with E-state index in [1.54, 1.807) is 0 Å². The summed E-state index contributed by atoms with van der Waals surface area (Å²) in [6, 6.07) is 0. The molecule has 0 aromatic heterocycles. The van der Waals surface area contributed by atoms with E-state index in [0.29, 0.717) is 13.2 Å². The first-order valence-corrected chi connectivity index (χ1v) is 3.54. The molecule has 0 heterocycles. The van der Waals surface area contributed by atoms with Gasteiger partial charge in [-0.3, -0.25) is 0 Å². The van der Waals surface area contributed by atoms with Crippen LogP contribution in [0.3, 0.4) is 0 Å². The first-order chi connectivity index (χ1) is 4.91. The summed E-state index contributed by atoms with van der Waals surface area (Å²) < 4.78 is 5.01. The van der Waals surface area contributed by atoms with Crippen LogP contribution in [-0.2, 0) is 4.74 Å². The highest BCUT2D eigenvalue weighted by Crippen LogP contribution is 1.93. The topological polar surface area (TPSA) is 29.5 Å². The van der Waals surface area contributed by atoms with Gasteiger partial charge in [-0.2, -0.15) is 0 Å². The molecule has 0 saturated heterocycles. The molecule has 2 nitrogen and oxygen atoms in total. The lowest BCUT2D eigenvalue weighted by Crippen LogP contribution is -2.00. The third-order valence-electron chi connectivity index (χ3n) is 1.10. The molecule has 1 N–H and O–H groups in total. The third kappa shape index (κ3) is 7.48. The minimum atomic E-state index is 0.106. The van der Waals surface area contributed by atoms with Crippen LogP contribution in [0, 0.1) is 12.3 Å². The monoisotopic (exact) mass is 142 g/mol. The van der Waals surface area contributed by atoms with Crippen molar-refractivity contribution < 1.29 is 9.84 Å². The zero-order valence-corrected chi connectivity index (χ0v) is 6.18. The van der Waals surface area contributed by atoms with Crippen LogP contribution < -0.4 is 0 Å². The van der Waals surface area contributed by atoms with Crippen molar-refractivity contribution in [2.45, 2.75) is 19.3 Å². The summed E-state index contributed by atoms with van der Waals surface area (Å²) in [6.45, 7) is 1.26. The van der Waals surface area contributed by atoms with Crippen LogP contribution in [0.5, 0.6) is 0 Å². The molecule has 0 saturated carbocycles. The van der Waals surface area contributed by atoms with E-state index in [0.717, 1.165) is 19.3 Å². The lowest BCUT2D eigenvalue weighted by atomic mass is 10.2. The average molecular weight is 142 g/mol. The molecule has 0 spiro atoms. The molecule has 0 unspecified atom stereocenters. The van der Waals surface area contributed by atoms with Gasteiger partial charge in [-0.1, -0.05) is 0 Å². The molecule has 0 aromatic carbocycles. The predicted octanol–water partition coefficient (Wildman–Crippen LogP) is 0.799. The van der Waals surface area contributed by atoms with Crippen molar-refractivity contribution in [3.05, 3.63) is 0 Å². The van der Waals surface area contributed by atoms with Gasteiger partial charge in [-0.05, 0) is 12.8 Å². The molecular weight excluding hydrogens is 128 g/mol. The fourth-order valence-electron chi connectivity index (χ4n) is 0.598. The van der Waals surface area contributed by atoms with Gasteiger partial charge < -0.3 is 9.84 Å². The maximum absolute atomic E-state index is 8.31. The molecule has 0 fully saturated rings. The summed E-state index contributed by atoms with van der Waals surface area (Å²) in [6.07, 6.45) is 7.87. The molecule has 0 atom stereocenters. The maximum atomic E-state index is 8.31. The molecule has 10 heavy (non-hydrogen) atoms. The largest absolute Gasteiger partial charge is 0.394 e. The van der Waals surface area contributed by atoms with Crippen molar-refractivity contribution in [2.75, 3.05) is 19.8 Å². The van der Waals surface area contributed by atoms with Crippen molar-refractivity contribution in [1.29, 1.82) is 0 Å². The fraction of sp³-hybridized carbons (Fsp3) is 0.750. The Labute approximate surface area is 62.2 Å². The van der Waals surface area contributed by atoms with Gasteiger partial charge in [0.05, 0.1) is 13.2 Å². The number of hydrogen-bond donors (Lipinski definition) is 1. The van der Waals surface area contributed by atoms with Crippen LogP contribution in [0.4, 0.5) is 0 Å². The summed E-state index contributed by atoms with van der Waals surface area (Å²) in [7, 11) is 0. The molecule has 0 rings (SSSR count). The number of terminal acetylenes is 1. The standard InChI is InChI=1S/C8H14O2/c1-2-3-4-5-7-10-8-6-9/h1,9H,3-8H2. The van der Waals surface area contributed by atoms with Gasteiger partial charge >= 0.3 is 0 Å². The molecule has 58 valence electrons. The van der Waals surface area contributed by atoms with Crippen LogP contribution in [0.15, 0.2) is 0 Å². The summed E-state index contributed by atoms with van der Waals surface area (Å²) in [5.74, 6) is 2.55. The summed E-state index contributed by atoms with van der Waals surface area (Å²) in [4.78, 5) is 0. The Morgan fingerprint density at radius 2 is 2.10 bits per heavy atom. The van der Waals surface area contributed by atoms with Crippen molar-refractivity contribution in [3.63, 3.8) is 0 Å². The van der Waals surface area contributed by atoms with Gasteiger partial charge in [0.15, 0.2) is 0 Å². The van der Waals surface area contributed by atoms with E-state index in [-0.39, 0.29) is 6.61 Å². The Bertz CT molecular complexity index is 93.9. The highest BCUT2D eigenvalue weighted by Gasteiger charge is 1.86. The molecule has 0 bridgehead atoms. The fourth-order valence-corrected chi connectivity index (χ4v) is 0.598. The van der Waals surface area contributed by atoms with E-state index in [2.05, 4.69) is 5.92 Å². The number of aliphatic hydroxyl groups is 1. The maximum Gasteiger partial charge on any atom is 0.0697 e. The second-order valence-corrected chi connectivity index (χ2v) is 2.00. The molecule has 0 radical (unpaired) electrons. The predicted molar refractivity (Wildman–Crippen MR) is 40.6 cm³/mol. The van der Waals surface area contributed by atoms with Gasteiger partial charge in [0.2, 0.25) is 0 Å². The van der Waals surface area contributed by atoms with Crippen molar-refractivity contribution >= 4 is 0 Å². The smallest absolute Gasteiger partial charge is 0.0697 e. The first kappa shape index (κ1) is 9.48. The van der Waals surface area contributed by atoms with Crippen LogP contribution in [-0.4, -0.2) is 24.9 Å². The SMILES string of the molecule is C#CCCCCOCCO. The van der Waals surface area contributed by atoms with E-state index in [4.69, 9.17) is 16.3 Å². The van der Waals surface area contributed by atoms with E-state index >= 15 is 0 Å². The Morgan fingerprint density at radius 1 is 1.30 bits per heavy atom. The molecule has 0 aliphatic heterocycles. The quantitative estimate of drug-likeness (QED) is 0.439. The van der Waals surface area contributed by atoms with Crippen molar-refractivity contribution in [1.82, 2.24) is 0 Å². The van der Waals surface area contributed by atoms with E-state index in [1.807, 2.05) is 0 Å². The average Bonchev–Trinajstić information content (AvgIpc) is 1.97. The van der Waals surface area contributed by atoms with Crippen LogP contribution >= 0.6 is 0 Å². The van der Waals surface area contributed by atoms with Gasteiger partial charge in [-0.25, -0.2) is 0 Å². The van der Waals surface area contributed by atoms with E-state index < -0.39 is 0 Å². The Balaban J connectivity index is 2.72. The molecule has 0 amide bonds. The molecule has 0 aromatic rings. The number of rotatable bonds is 6. The van der Waals surface area contributed by atoms with Crippen LogP contribution in [0.1, 0.15) is 19.3 Å². The summed E-state index contributed by atoms with van der Waals surface area (Å²) >= 11 is 0. The Morgan fingerprint density at radius 3 is 2.70 bits per heavy atom. The minimum Gasteiger partial charge on any atom is -0.394 e. The van der Waals surface area contributed by atoms with Crippen molar-refractivity contribution in [2.24, 2.45) is 0 Å². The lowest BCUT2D eigenvalue weighted by molar-refractivity contribution is 0.0900. The minimum absolute atomic E-state index is 0.106. The lowest BCUT2D eigenvalue weighted by Gasteiger charge is -1.98. The molecule has 2 heteroatoms. The summed E-state index contributed by atoms with van der Waals surface area (Å²) in [5, 5.41) is 8.31. The highest BCUT2D eigenvalue weighted by atomic mass is 16.5. The molecular formula is C8H14O2. The second-order valence-electron chi connectivity index (χ2n) is 2.00. The van der Waals surface area contributed by atoms with E-state index in [9.17, 15) is 0 Å².